The molecular weight excluding hydrogens is 335 g/mol. The fourth-order valence-corrected chi connectivity index (χ4v) is 2.99. The molecule has 0 saturated carbocycles. The summed E-state index contributed by atoms with van der Waals surface area (Å²) in [5, 5.41) is 0. The van der Waals surface area contributed by atoms with E-state index in [4.69, 9.17) is 0 Å². The molecule has 0 heterocycles. The number of rotatable bonds is 13. The van der Waals surface area contributed by atoms with Crippen LogP contribution in [0.25, 0.3) is 0 Å². The first-order valence-corrected chi connectivity index (χ1v) is 10.1. The van der Waals surface area contributed by atoms with Crippen LogP contribution in [0.5, 0.6) is 5.75 Å². The number of aryl methyl sites for hydroxylation is 1. The third-order valence-electron chi connectivity index (χ3n) is 3.94. The molecule has 0 unspecified atom stereocenters. The summed E-state index contributed by atoms with van der Waals surface area (Å²) in [6.07, 6.45) is 14.1. The molecule has 1 aromatic rings. The minimum absolute atomic E-state index is 0. The largest absolute Gasteiger partial charge is 1.00 e. The summed E-state index contributed by atoms with van der Waals surface area (Å²) in [7, 11) is -4.68. The van der Waals surface area contributed by atoms with Crippen molar-refractivity contribution in [3.8, 4) is 5.75 Å². The molecule has 0 aliphatic rings. The molecule has 0 amide bonds. The molecule has 0 aliphatic heterocycles. The van der Waals surface area contributed by atoms with E-state index in [9.17, 15) is 13.0 Å². The van der Waals surface area contributed by atoms with Crippen molar-refractivity contribution in [2.24, 2.45) is 0 Å². The van der Waals surface area contributed by atoms with E-state index in [0.717, 1.165) is 18.4 Å². The molecular formula is C18H29NaO4S. The summed E-state index contributed by atoms with van der Waals surface area (Å²) in [4.78, 5) is 0. The van der Waals surface area contributed by atoms with Crippen LogP contribution in [0.1, 0.15) is 76.7 Å². The summed E-state index contributed by atoms with van der Waals surface area (Å²) >= 11 is 0. The summed E-state index contributed by atoms with van der Waals surface area (Å²) in [6.45, 7) is 2.24. The molecule has 0 aromatic heterocycles. The van der Waals surface area contributed by atoms with E-state index < -0.39 is 10.4 Å². The smallest absolute Gasteiger partial charge is 0.716 e. The van der Waals surface area contributed by atoms with E-state index in [2.05, 4.69) is 11.1 Å². The molecule has 24 heavy (non-hydrogen) atoms. The van der Waals surface area contributed by atoms with Crippen LogP contribution in [-0.4, -0.2) is 13.0 Å². The van der Waals surface area contributed by atoms with Gasteiger partial charge in [-0.15, -0.1) is 0 Å². The summed E-state index contributed by atoms with van der Waals surface area (Å²) in [5.41, 5.74) is 1.14. The normalized spacial score (nSPS) is 11.1. The third kappa shape index (κ3) is 13.2. The minimum Gasteiger partial charge on any atom is -0.716 e. The van der Waals surface area contributed by atoms with Gasteiger partial charge < -0.3 is 8.74 Å². The number of benzene rings is 1. The van der Waals surface area contributed by atoms with E-state index in [1.807, 2.05) is 12.1 Å². The maximum absolute atomic E-state index is 10.5. The van der Waals surface area contributed by atoms with Gasteiger partial charge in [0.05, 0.1) is 0 Å². The molecule has 6 heteroatoms. The van der Waals surface area contributed by atoms with Crippen molar-refractivity contribution < 1.29 is 46.7 Å². The Morgan fingerprint density at radius 2 is 1.29 bits per heavy atom. The van der Waals surface area contributed by atoms with Gasteiger partial charge in [-0.05, 0) is 30.5 Å². The average molecular weight is 364 g/mol. The van der Waals surface area contributed by atoms with Crippen LogP contribution in [0, 0.1) is 0 Å². The summed E-state index contributed by atoms with van der Waals surface area (Å²) in [6, 6.07) is 6.69. The van der Waals surface area contributed by atoms with Gasteiger partial charge in [-0.1, -0.05) is 76.8 Å². The Morgan fingerprint density at radius 3 is 1.75 bits per heavy atom. The quantitative estimate of drug-likeness (QED) is 0.232. The van der Waals surface area contributed by atoms with E-state index in [-0.39, 0.29) is 35.3 Å². The number of unbranched alkanes of at least 4 members (excludes halogenated alkanes) is 9. The fraction of sp³-hybridized carbons (Fsp3) is 0.667. The first-order chi connectivity index (χ1) is 11.0. The van der Waals surface area contributed by atoms with Crippen molar-refractivity contribution >= 4 is 10.4 Å². The second kappa shape index (κ2) is 14.1. The van der Waals surface area contributed by atoms with Crippen LogP contribution in [0.2, 0.25) is 0 Å². The molecule has 0 atom stereocenters. The zero-order valence-electron chi connectivity index (χ0n) is 15.1. The van der Waals surface area contributed by atoms with Crippen molar-refractivity contribution in [2.45, 2.75) is 77.6 Å². The van der Waals surface area contributed by atoms with Crippen molar-refractivity contribution in [1.29, 1.82) is 0 Å². The monoisotopic (exact) mass is 364 g/mol. The molecule has 132 valence electrons. The van der Waals surface area contributed by atoms with Gasteiger partial charge in [-0.25, -0.2) is 8.42 Å². The fourth-order valence-electron chi connectivity index (χ4n) is 2.65. The van der Waals surface area contributed by atoms with E-state index in [1.165, 1.54) is 69.9 Å². The summed E-state index contributed by atoms with van der Waals surface area (Å²) in [5.74, 6) is 0.0758. The molecule has 0 bridgehead atoms. The predicted octanol–water partition coefficient (Wildman–Crippen LogP) is 1.99. The van der Waals surface area contributed by atoms with Gasteiger partial charge >= 0.3 is 29.6 Å². The van der Waals surface area contributed by atoms with Gasteiger partial charge in [0.25, 0.3) is 10.4 Å². The molecule has 0 fully saturated rings. The SMILES string of the molecule is CCCCCCCCCCCCc1ccc(OS(=O)(=O)[O-])cc1.[Na+]. The first kappa shape index (κ1) is 23.9. The number of hydrogen-bond donors (Lipinski definition) is 0. The topological polar surface area (TPSA) is 66.4 Å². The second-order valence-electron chi connectivity index (χ2n) is 6.07. The maximum Gasteiger partial charge on any atom is 1.00 e. The minimum atomic E-state index is -4.68. The van der Waals surface area contributed by atoms with Crippen molar-refractivity contribution in [2.75, 3.05) is 0 Å². The molecule has 0 radical (unpaired) electrons. The Hall–Kier alpha value is -0.0700. The van der Waals surface area contributed by atoms with E-state index in [1.54, 1.807) is 0 Å². The van der Waals surface area contributed by atoms with Gasteiger partial charge in [0, 0.05) is 0 Å². The van der Waals surface area contributed by atoms with Crippen molar-refractivity contribution in [1.82, 2.24) is 0 Å². The van der Waals surface area contributed by atoms with Crippen LogP contribution in [0.3, 0.4) is 0 Å². The Balaban J connectivity index is 0.00000529. The Labute approximate surface area is 169 Å². The number of hydrogen-bond acceptors (Lipinski definition) is 4. The van der Waals surface area contributed by atoms with Crippen LogP contribution < -0.4 is 33.7 Å². The molecule has 4 nitrogen and oxygen atoms in total. The molecule has 0 saturated heterocycles. The van der Waals surface area contributed by atoms with Crippen LogP contribution in [0.15, 0.2) is 24.3 Å². The van der Waals surface area contributed by atoms with Gasteiger partial charge in [0.1, 0.15) is 5.75 Å². The first-order valence-electron chi connectivity index (χ1n) is 8.75. The molecule has 0 aliphatic carbocycles. The molecule has 0 N–H and O–H groups in total. The zero-order chi connectivity index (χ0) is 17.0. The Morgan fingerprint density at radius 1 is 0.833 bits per heavy atom. The van der Waals surface area contributed by atoms with Crippen molar-refractivity contribution in [3.05, 3.63) is 29.8 Å². The van der Waals surface area contributed by atoms with Crippen LogP contribution >= 0.6 is 0 Å². The maximum atomic E-state index is 10.5. The standard InChI is InChI=1S/C18H30O4S.Na/c1-2-3-4-5-6-7-8-9-10-11-12-17-13-15-18(16-14-17)22-23(19,20)21;/h13-16H,2-12H2,1H3,(H,19,20,21);/q;+1/p-1. The third-order valence-corrected chi connectivity index (χ3v) is 4.34. The van der Waals surface area contributed by atoms with Crippen molar-refractivity contribution in [3.63, 3.8) is 0 Å². The van der Waals surface area contributed by atoms with Gasteiger partial charge in [0.2, 0.25) is 0 Å². The predicted molar refractivity (Wildman–Crippen MR) is 92.3 cm³/mol. The summed E-state index contributed by atoms with van der Waals surface area (Å²) < 4.78 is 35.7. The Bertz CT molecular complexity index is 514. The van der Waals surface area contributed by atoms with Gasteiger partial charge in [-0.2, -0.15) is 0 Å². The van der Waals surface area contributed by atoms with E-state index in [0.29, 0.717) is 0 Å². The Kier molecular flexibility index (Phi) is 14.1. The zero-order valence-corrected chi connectivity index (χ0v) is 17.9. The second-order valence-corrected chi connectivity index (χ2v) is 7.05. The molecule has 1 rings (SSSR count). The molecule has 1 aromatic carbocycles. The van der Waals surface area contributed by atoms with Gasteiger partial charge in [0.15, 0.2) is 0 Å². The average Bonchev–Trinajstić information content (AvgIpc) is 2.49. The van der Waals surface area contributed by atoms with Crippen LogP contribution in [0.4, 0.5) is 0 Å². The van der Waals surface area contributed by atoms with Crippen LogP contribution in [-0.2, 0) is 16.8 Å². The molecule has 0 spiro atoms. The van der Waals surface area contributed by atoms with E-state index >= 15 is 0 Å². The van der Waals surface area contributed by atoms with Gasteiger partial charge in [-0.3, -0.25) is 0 Å².